The molecule has 21 heavy (non-hydrogen) atoms. The Bertz CT molecular complexity index is 631. The highest BCUT2D eigenvalue weighted by atomic mass is 32.1. The van der Waals surface area contributed by atoms with Crippen molar-refractivity contribution < 1.29 is 4.79 Å². The molecule has 0 spiro atoms. The van der Waals surface area contributed by atoms with Crippen LogP contribution in [0.3, 0.4) is 0 Å². The number of hydrogen-bond acceptors (Lipinski definition) is 3. The number of piperidine rings is 1. The van der Waals surface area contributed by atoms with Crippen LogP contribution in [-0.4, -0.2) is 33.7 Å². The third kappa shape index (κ3) is 3.35. The summed E-state index contributed by atoms with van der Waals surface area (Å²) in [7, 11) is 0. The molecule has 5 heteroatoms. The van der Waals surface area contributed by atoms with Crippen LogP contribution in [0.2, 0.25) is 0 Å². The van der Waals surface area contributed by atoms with E-state index in [9.17, 15) is 4.79 Å². The summed E-state index contributed by atoms with van der Waals surface area (Å²) >= 11 is 1.72. The van der Waals surface area contributed by atoms with Crippen LogP contribution in [0.1, 0.15) is 34.2 Å². The first-order valence-electron chi connectivity index (χ1n) is 7.45. The number of hydrogen-bond donors (Lipinski definition) is 0. The number of aryl methyl sites for hydroxylation is 2. The normalized spacial score (nSPS) is 19.0. The van der Waals surface area contributed by atoms with Crippen molar-refractivity contribution in [1.29, 1.82) is 0 Å². The van der Waals surface area contributed by atoms with Gasteiger partial charge in [0.15, 0.2) is 0 Å². The number of carbonyl (C=O) groups excluding carboxylic acids is 1. The highest BCUT2D eigenvalue weighted by Gasteiger charge is 2.25. The van der Waals surface area contributed by atoms with Gasteiger partial charge in [-0.05, 0) is 44.4 Å². The summed E-state index contributed by atoms with van der Waals surface area (Å²) in [5.41, 5.74) is 1.17. The van der Waals surface area contributed by atoms with Gasteiger partial charge < -0.3 is 4.90 Å². The number of rotatable bonds is 3. The summed E-state index contributed by atoms with van der Waals surface area (Å²) in [4.78, 5) is 16.9. The van der Waals surface area contributed by atoms with Gasteiger partial charge in [-0.2, -0.15) is 5.10 Å². The molecule has 112 valence electrons. The van der Waals surface area contributed by atoms with Crippen molar-refractivity contribution in [2.45, 2.75) is 39.2 Å². The summed E-state index contributed by atoms with van der Waals surface area (Å²) < 4.78 is 2.02. The van der Waals surface area contributed by atoms with Gasteiger partial charge in [-0.3, -0.25) is 9.48 Å². The van der Waals surface area contributed by atoms with Gasteiger partial charge in [0.2, 0.25) is 5.91 Å². The minimum Gasteiger partial charge on any atom is -0.340 e. The molecule has 1 fully saturated rings. The maximum absolute atomic E-state index is 12.5. The Balaban J connectivity index is 1.64. The zero-order valence-corrected chi connectivity index (χ0v) is 13.4. The average Bonchev–Trinajstić information content (AvgIpc) is 3.08. The minimum absolute atomic E-state index is 0.241. The van der Waals surface area contributed by atoms with Crippen molar-refractivity contribution in [3.8, 4) is 0 Å². The molecule has 3 heterocycles. The lowest BCUT2D eigenvalue weighted by Crippen LogP contribution is -2.41. The number of carbonyl (C=O) groups is 1. The Kier molecular flexibility index (Phi) is 4.10. The minimum atomic E-state index is 0.241. The van der Waals surface area contributed by atoms with Crippen LogP contribution >= 0.6 is 11.3 Å². The lowest BCUT2D eigenvalue weighted by molar-refractivity contribution is -0.132. The summed E-state index contributed by atoms with van der Waals surface area (Å²) in [6.07, 6.45) is 6.64. The number of thiophene rings is 1. The molecule has 1 amide bonds. The predicted molar refractivity (Wildman–Crippen MR) is 84.6 cm³/mol. The second-order valence-corrected chi connectivity index (χ2v) is 7.20. The van der Waals surface area contributed by atoms with Gasteiger partial charge in [0.05, 0.1) is 18.7 Å². The Morgan fingerprint density at radius 2 is 2.29 bits per heavy atom. The van der Waals surface area contributed by atoms with Crippen molar-refractivity contribution in [2.75, 3.05) is 13.1 Å². The van der Waals surface area contributed by atoms with Gasteiger partial charge in [0.25, 0.3) is 0 Å². The molecule has 0 aliphatic carbocycles. The number of amides is 1. The molecule has 0 N–H and O–H groups in total. The molecule has 2 aromatic heterocycles. The monoisotopic (exact) mass is 303 g/mol. The van der Waals surface area contributed by atoms with Crippen LogP contribution in [-0.2, 0) is 11.2 Å². The molecule has 4 nitrogen and oxygen atoms in total. The first-order chi connectivity index (χ1) is 10.1. The molecule has 1 saturated heterocycles. The molecule has 2 aromatic rings. The van der Waals surface area contributed by atoms with E-state index in [4.69, 9.17) is 0 Å². The van der Waals surface area contributed by atoms with Gasteiger partial charge >= 0.3 is 0 Å². The van der Waals surface area contributed by atoms with Gasteiger partial charge in [-0.1, -0.05) is 0 Å². The Hall–Kier alpha value is -1.62. The van der Waals surface area contributed by atoms with E-state index in [1.54, 1.807) is 11.3 Å². The number of likely N-dealkylation sites (tertiary alicyclic amines) is 1. The summed E-state index contributed by atoms with van der Waals surface area (Å²) in [5.74, 6) is 0.241. The van der Waals surface area contributed by atoms with Crippen molar-refractivity contribution in [3.05, 3.63) is 39.8 Å². The van der Waals surface area contributed by atoms with E-state index >= 15 is 0 Å². The molecule has 0 unspecified atom stereocenters. The van der Waals surface area contributed by atoms with Crippen LogP contribution in [0.15, 0.2) is 24.5 Å². The fourth-order valence-electron chi connectivity index (χ4n) is 2.87. The van der Waals surface area contributed by atoms with E-state index < -0.39 is 0 Å². The first kappa shape index (κ1) is 14.3. The van der Waals surface area contributed by atoms with E-state index in [0.717, 1.165) is 30.8 Å². The van der Waals surface area contributed by atoms with Gasteiger partial charge in [0.1, 0.15) is 0 Å². The Morgan fingerprint density at radius 1 is 1.43 bits per heavy atom. The summed E-state index contributed by atoms with van der Waals surface area (Å²) in [6.45, 7) is 5.79. The molecule has 0 bridgehead atoms. The standard InChI is InChI=1S/C16H21N3OS/c1-12-9-17-19(10-12)14-4-3-7-18(11-14)16(20)8-15-6-5-13(2)21-15/h5-6,9-10,14H,3-4,7-8,11H2,1-2H3/t14-/m1/s1. The van der Waals surface area contributed by atoms with E-state index in [1.165, 1.54) is 10.4 Å². The Labute approximate surface area is 129 Å². The molecule has 0 radical (unpaired) electrons. The van der Waals surface area contributed by atoms with Crippen LogP contribution in [0, 0.1) is 13.8 Å². The van der Waals surface area contributed by atoms with Crippen LogP contribution in [0.4, 0.5) is 0 Å². The topological polar surface area (TPSA) is 38.1 Å². The SMILES string of the molecule is Cc1cnn([C@@H]2CCCN(C(=O)Cc3ccc(C)s3)C2)c1. The van der Waals surface area contributed by atoms with Crippen molar-refractivity contribution in [2.24, 2.45) is 0 Å². The zero-order chi connectivity index (χ0) is 14.8. The van der Waals surface area contributed by atoms with E-state index in [-0.39, 0.29) is 5.91 Å². The fourth-order valence-corrected chi connectivity index (χ4v) is 3.75. The van der Waals surface area contributed by atoms with Crippen LogP contribution < -0.4 is 0 Å². The zero-order valence-electron chi connectivity index (χ0n) is 12.6. The number of aromatic nitrogens is 2. The average molecular weight is 303 g/mol. The maximum Gasteiger partial charge on any atom is 0.227 e. The van der Waals surface area contributed by atoms with Gasteiger partial charge in [0, 0.05) is 29.0 Å². The Morgan fingerprint density at radius 3 is 2.95 bits per heavy atom. The molecular weight excluding hydrogens is 282 g/mol. The molecular formula is C16H21N3OS. The van der Waals surface area contributed by atoms with E-state index in [2.05, 4.69) is 30.4 Å². The van der Waals surface area contributed by atoms with Crippen LogP contribution in [0.25, 0.3) is 0 Å². The summed E-state index contributed by atoms with van der Waals surface area (Å²) in [5, 5.41) is 4.40. The first-order valence-corrected chi connectivity index (χ1v) is 8.27. The fraction of sp³-hybridized carbons (Fsp3) is 0.500. The van der Waals surface area contributed by atoms with Crippen molar-refractivity contribution in [3.63, 3.8) is 0 Å². The molecule has 3 rings (SSSR count). The summed E-state index contributed by atoms with van der Waals surface area (Å²) in [6, 6.07) is 4.47. The molecule has 0 aromatic carbocycles. The number of nitrogens with zero attached hydrogens (tertiary/aromatic N) is 3. The van der Waals surface area contributed by atoms with Gasteiger partial charge in [-0.15, -0.1) is 11.3 Å². The van der Waals surface area contributed by atoms with Crippen LogP contribution in [0.5, 0.6) is 0 Å². The maximum atomic E-state index is 12.5. The second-order valence-electron chi connectivity index (χ2n) is 5.82. The lowest BCUT2D eigenvalue weighted by Gasteiger charge is -2.32. The quantitative estimate of drug-likeness (QED) is 0.874. The molecule has 1 aliphatic rings. The smallest absolute Gasteiger partial charge is 0.227 e. The molecule has 0 saturated carbocycles. The van der Waals surface area contributed by atoms with Crippen molar-refractivity contribution in [1.82, 2.24) is 14.7 Å². The lowest BCUT2D eigenvalue weighted by atomic mass is 10.1. The largest absolute Gasteiger partial charge is 0.340 e. The second kappa shape index (κ2) is 6.02. The highest BCUT2D eigenvalue weighted by Crippen LogP contribution is 2.23. The van der Waals surface area contributed by atoms with E-state index in [0.29, 0.717) is 12.5 Å². The third-order valence-corrected chi connectivity index (χ3v) is 4.98. The predicted octanol–water partition coefficient (Wildman–Crippen LogP) is 2.97. The molecule has 1 atom stereocenters. The van der Waals surface area contributed by atoms with Crippen molar-refractivity contribution >= 4 is 17.2 Å². The molecule has 1 aliphatic heterocycles. The highest BCUT2D eigenvalue weighted by molar-refractivity contribution is 7.12. The third-order valence-electron chi connectivity index (χ3n) is 3.98. The van der Waals surface area contributed by atoms with Gasteiger partial charge in [-0.25, -0.2) is 0 Å². The van der Waals surface area contributed by atoms with E-state index in [1.807, 2.05) is 22.7 Å².